The van der Waals surface area contributed by atoms with Crippen molar-refractivity contribution in [2.75, 3.05) is 18.4 Å². The van der Waals surface area contributed by atoms with Crippen LogP contribution in [0.1, 0.15) is 34.9 Å². The molecule has 0 saturated carbocycles. The molecule has 0 radical (unpaired) electrons. The highest BCUT2D eigenvalue weighted by Gasteiger charge is 2.28. The third-order valence-electron chi connectivity index (χ3n) is 4.37. The van der Waals surface area contributed by atoms with Gasteiger partial charge in [-0.15, -0.1) is 11.3 Å². The lowest BCUT2D eigenvalue weighted by Gasteiger charge is -2.23. The molecular weight excluding hydrogens is 292 g/mol. The van der Waals surface area contributed by atoms with Crippen molar-refractivity contribution >= 4 is 22.9 Å². The van der Waals surface area contributed by atoms with Crippen molar-refractivity contribution in [3.05, 3.63) is 51.7 Å². The molecule has 1 aliphatic rings. The number of thiophene rings is 1. The van der Waals surface area contributed by atoms with E-state index in [1.54, 1.807) is 11.3 Å². The summed E-state index contributed by atoms with van der Waals surface area (Å²) in [6.45, 7) is 5.62. The SMILES string of the molecule is Cc1ccc(NC(=O)CN2CCC[C@@H]2c2cccs2)cc1C. The Hall–Kier alpha value is -1.65. The first kappa shape index (κ1) is 15.3. The van der Waals surface area contributed by atoms with E-state index >= 15 is 0 Å². The summed E-state index contributed by atoms with van der Waals surface area (Å²) in [5.41, 5.74) is 3.34. The fraction of sp³-hybridized carbons (Fsp3) is 0.389. The van der Waals surface area contributed by atoms with E-state index in [0.29, 0.717) is 12.6 Å². The Morgan fingerprint density at radius 2 is 2.18 bits per heavy atom. The smallest absolute Gasteiger partial charge is 0.238 e. The summed E-state index contributed by atoms with van der Waals surface area (Å²) in [7, 11) is 0. The van der Waals surface area contributed by atoms with Crippen molar-refractivity contribution in [2.45, 2.75) is 32.7 Å². The van der Waals surface area contributed by atoms with Crippen molar-refractivity contribution in [1.82, 2.24) is 4.90 Å². The second-order valence-electron chi connectivity index (χ2n) is 5.99. The van der Waals surface area contributed by atoms with Gasteiger partial charge >= 0.3 is 0 Å². The van der Waals surface area contributed by atoms with Gasteiger partial charge in [0.15, 0.2) is 0 Å². The molecule has 1 saturated heterocycles. The summed E-state index contributed by atoms with van der Waals surface area (Å²) >= 11 is 1.79. The van der Waals surface area contributed by atoms with E-state index in [0.717, 1.165) is 18.7 Å². The van der Waals surface area contributed by atoms with E-state index in [2.05, 4.69) is 47.6 Å². The van der Waals surface area contributed by atoms with Crippen LogP contribution in [0.4, 0.5) is 5.69 Å². The first-order chi connectivity index (χ1) is 10.6. The number of hydrogen-bond acceptors (Lipinski definition) is 3. The van der Waals surface area contributed by atoms with Crippen LogP contribution in [0.25, 0.3) is 0 Å². The van der Waals surface area contributed by atoms with Gasteiger partial charge in [-0.05, 0) is 67.9 Å². The molecule has 1 atom stereocenters. The lowest BCUT2D eigenvalue weighted by atomic mass is 10.1. The predicted octanol–water partition coefficient (Wildman–Crippen LogP) is 4.14. The van der Waals surface area contributed by atoms with Crippen LogP contribution in [0.5, 0.6) is 0 Å². The van der Waals surface area contributed by atoms with Gasteiger partial charge in [0.05, 0.1) is 6.54 Å². The fourth-order valence-electron chi connectivity index (χ4n) is 3.02. The number of anilines is 1. The van der Waals surface area contributed by atoms with Gasteiger partial charge in [-0.2, -0.15) is 0 Å². The van der Waals surface area contributed by atoms with Crippen molar-refractivity contribution < 1.29 is 4.79 Å². The molecule has 3 nitrogen and oxygen atoms in total. The summed E-state index contributed by atoms with van der Waals surface area (Å²) in [5, 5.41) is 5.14. The minimum absolute atomic E-state index is 0.0757. The third kappa shape index (κ3) is 3.39. The molecule has 116 valence electrons. The van der Waals surface area contributed by atoms with Crippen LogP contribution in [0, 0.1) is 13.8 Å². The number of hydrogen-bond donors (Lipinski definition) is 1. The molecule has 1 amide bonds. The molecular formula is C18H22N2OS. The van der Waals surface area contributed by atoms with Gasteiger partial charge in [-0.1, -0.05) is 12.1 Å². The normalized spacial score (nSPS) is 18.5. The molecule has 1 aromatic heterocycles. The second-order valence-corrected chi connectivity index (χ2v) is 6.97. The number of carbonyl (C=O) groups is 1. The van der Waals surface area contributed by atoms with Crippen LogP contribution in [-0.4, -0.2) is 23.9 Å². The van der Waals surface area contributed by atoms with Crippen molar-refractivity contribution in [2.24, 2.45) is 0 Å². The summed E-state index contributed by atoms with van der Waals surface area (Å²) in [6, 6.07) is 10.7. The standard InChI is InChI=1S/C18H22N2OS/c1-13-7-8-15(11-14(13)2)19-18(21)12-20-9-3-5-16(20)17-6-4-10-22-17/h4,6-8,10-11,16H,3,5,9,12H2,1-2H3,(H,19,21)/t16-/m1/s1. The molecule has 1 aliphatic heterocycles. The first-order valence-corrected chi connectivity index (χ1v) is 8.66. The molecule has 0 spiro atoms. The van der Waals surface area contributed by atoms with Gasteiger partial charge in [-0.3, -0.25) is 9.69 Å². The summed E-state index contributed by atoms with van der Waals surface area (Å²) in [4.78, 5) is 16.0. The van der Waals surface area contributed by atoms with E-state index in [1.807, 2.05) is 12.1 Å². The molecule has 2 heterocycles. The molecule has 1 N–H and O–H groups in total. The summed E-state index contributed by atoms with van der Waals surface area (Å²) in [6.07, 6.45) is 2.32. The van der Waals surface area contributed by atoms with Crippen molar-refractivity contribution in [1.29, 1.82) is 0 Å². The Balaban J connectivity index is 1.62. The van der Waals surface area contributed by atoms with Crippen LogP contribution in [0.3, 0.4) is 0 Å². The molecule has 0 unspecified atom stereocenters. The Kier molecular flexibility index (Phi) is 4.60. The quantitative estimate of drug-likeness (QED) is 0.920. The molecule has 0 bridgehead atoms. The van der Waals surface area contributed by atoms with E-state index < -0.39 is 0 Å². The number of carbonyl (C=O) groups excluding carboxylic acids is 1. The van der Waals surface area contributed by atoms with Crippen LogP contribution in [-0.2, 0) is 4.79 Å². The highest BCUT2D eigenvalue weighted by molar-refractivity contribution is 7.10. The number of likely N-dealkylation sites (tertiary alicyclic amines) is 1. The molecule has 4 heteroatoms. The van der Waals surface area contributed by atoms with Gasteiger partial charge in [0.1, 0.15) is 0 Å². The number of amides is 1. The highest BCUT2D eigenvalue weighted by Crippen LogP contribution is 2.34. The number of nitrogens with one attached hydrogen (secondary N) is 1. The monoisotopic (exact) mass is 314 g/mol. The first-order valence-electron chi connectivity index (χ1n) is 7.78. The van der Waals surface area contributed by atoms with E-state index in [4.69, 9.17) is 0 Å². The fourth-order valence-corrected chi connectivity index (χ4v) is 3.92. The Morgan fingerprint density at radius 1 is 1.32 bits per heavy atom. The third-order valence-corrected chi connectivity index (χ3v) is 5.35. The average Bonchev–Trinajstić information content (AvgIpc) is 3.13. The lowest BCUT2D eigenvalue weighted by molar-refractivity contribution is -0.117. The number of rotatable bonds is 4. The Bertz CT molecular complexity index is 651. The van der Waals surface area contributed by atoms with Crippen molar-refractivity contribution in [3.63, 3.8) is 0 Å². The zero-order valence-corrected chi connectivity index (χ0v) is 14.0. The van der Waals surface area contributed by atoms with Crippen LogP contribution in [0.15, 0.2) is 35.7 Å². The van der Waals surface area contributed by atoms with E-state index in [1.165, 1.54) is 22.4 Å². The van der Waals surface area contributed by atoms with Crippen LogP contribution < -0.4 is 5.32 Å². The average molecular weight is 314 g/mol. The van der Waals surface area contributed by atoms with E-state index in [-0.39, 0.29) is 5.91 Å². The van der Waals surface area contributed by atoms with Gasteiger partial charge in [0.2, 0.25) is 5.91 Å². The van der Waals surface area contributed by atoms with Gasteiger partial charge in [-0.25, -0.2) is 0 Å². The molecule has 1 aromatic carbocycles. The Morgan fingerprint density at radius 3 is 2.91 bits per heavy atom. The molecule has 3 rings (SSSR count). The highest BCUT2D eigenvalue weighted by atomic mass is 32.1. The van der Waals surface area contributed by atoms with Gasteiger partial charge in [0, 0.05) is 16.6 Å². The van der Waals surface area contributed by atoms with Gasteiger partial charge in [0.25, 0.3) is 0 Å². The van der Waals surface area contributed by atoms with Crippen LogP contribution in [0.2, 0.25) is 0 Å². The van der Waals surface area contributed by atoms with Crippen LogP contribution >= 0.6 is 11.3 Å². The predicted molar refractivity (Wildman–Crippen MR) is 92.4 cm³/mol. The number of nitrogens with zero attached hydrogens (tertiary/aromatic N) is 1. The number of benzene rings is 1. The summed E-state index contributed by atoms with van der Waals surface area (Å²) < 4.78 is 0. The minimum Gasteiger partial charge on any atom is -0.325 e. The number of aryl methyl sites for hydroxylation is 2. The zero-order chi connectivity index (χ0) is 15.5. The molecule has 2 aromatic rings. The van der Waals surface area contributed by atoms with Gasteiger partial charge < -0.3 is 5.32 Å². The largest absolute Gasteiger partial charge is 0.325 e. The van der Waals surface area contributed by atoms with Crippen molar-refractivity contribution in [3.8, 4) is 0 Å². The zero-order valence-electron chi connectivity index (χ0n) is 13.1. The Labute approximate surface area is 136 Å². The maximum absolute atomic E-state index is 12.3. The maximum atomic E-state index is 12.3. The topological polar surface area (TPSA) is 32.3 Å². The maximum Gasteiger partial charge on any atom is 0.238 e. The van der Waals surface area contributed by atoms with E-state index in [9.17, 15) is 4.79 Å². The lowest BCUT2D eigenvalue weighted by Crippen LogP contribution is -2.32. The second kappa shape index (κ2) is 6.63. The molecule has 1 fully saturated rings. The molecule has 0 aliphatic carbocycles. The minimum atomic E-state index is 0.0757. The molecule has 22 heavy (non-hydrogen) atoms. The summed E-state index contributed by atoms with van der Waals surface area (Å²) in [5.74, 6) is 0.0757.